The van der Waals surface area contributed by atoms with E-state index in [4.69, 9.17) is 4.74 Å². The highest BCUT2D eigenvalue weighted by atomic mass is 16.5. The number of likely N-dealkylation sites (N-methyl/N-ethyl adjacent to an activating group) is 1. The smallest absolute Gasteiger partial charge is 0.236 e. The molecule has 0 aromatic carbocycles. The van der Waals surface area contributed by atoms with Gasteiger partial charge in [-0.2, -0.15) is 0 Å². The summed E-state index contributed by atoms with van der Waals surface area (Å²) in [5, 5.41) is 0. The van der Waals surface area contributed by atoms with E-state index in [1.165, 1.54) is 57.8 Å². The lowest BCUT2D eigenvalue weighted by Gasteiger charge is -2.37. The highest BCUT2D eigenvalue weighted by molar-refractivity contribution is 5.78. The molecular weight excluding hydrogens is 312 g/mol. The van der Waals surface area contributed by atoms with E-state index in [1.807, 2.05) is 11.9 Å². The average molecular weight is 351 g/mol. The minimum Gasteiger partial charge on any atom is -0.375 e. The van der Waals surface area contributed by atoms with Gasteiger partial charge in [-0.15, -0.1) is 0 Å². The highest BCUT2D eigenvalue weighted by Crippen LogP contribution is 2.27. The van der Waals surface area contributed by atoms with Crippen molar-refractivity contribution in [1.82, 2.24) is 9.80 Å². The summed E-state index contributed by atoms with van der Waals surface area (Å²) >= 11 is 0. The van der Waals surface area contributed by atoms with Crippen LogP contribution in [0.25, 0.3) is 0 Å². The Kier molecular flexibility index (Phi) is 7.18. The molecule has 3 rings (SSSR count). The fraction of sp³-hybridized carbons (Fsp3) is 0.952. The van der Waals surface area contributed by atoms with Crippen LogP contribution in [0.15, 0.2) is 0 Å². The molecule has 0 unspecified atom stereocenters. The molecule has 1 saturated heterocycles. The van der Waals surface area contributed by atoms with Gasteiger partial charge < -0.3 is 9.64 Å². The quantitative estimate of drug-likeness (QED) is 0.755. The van der Waals surface area contributed by atoms with Crippen LogP contribution in [-0.4, -0.2) is 60.6 Å². The molecule has 0 spiro atoms. The Hall–Kier alpha value is -0.610. The third-order valence-corrected chi connectivity index (χ3v) is 6.76. The van der Waals surface area contributed by atoms with Crippen molar-refractivity contribution in [1.29, 1.82) is 0 Å². The van der Waals surface area contributed by atoms with Gasteiger partial charge >= 0.3 is 0 Å². The first kappa shape index (κ1) is 19.2. The Morgan fingerprint density at radius 2 is 1.52 bits per heavy atom. The number of carbonyl (C=O) groups excluding carboxylic acids is 1. The SMILES string of the molecule is CC1CCC(N(C)C(=O)CN2CCC(OC3CCCCC3)CC2)CC1. The van der Waals surface area contributed by atoms with E-state index >= 15 is 0 Å². The number of amides is 1. The second kappa shape index (κ2) is 9.36. The molecule has 1 aliphatic heterocycles. The summed E-state index contributed by atoms with van der Waals surface area (Å²) < 4.78 is 6.32. The lowest BCUT2D eigenvalue weighted by molar-refractivity contribution is -0.135. The number of nitrogens with zero attached hydrogens (tertiary/aromatic N) is 2. The van der Waals surface area contributed by atoms with Crippen molar-refractivity contribution in [2.75, 3.05) is 26.7 Å². The van der Waals surface area contributed by atoms with Crippen molar-refractivity contribution >= 4 is 5.91 Å². The third kappa shape index (κ3) is 5.68. The lowest BCUT2D eigenvalue weighted by Crippen LogP contribution is -2.47. The van der Waals surface area contributed by atoms with E-state index in [2.05, 4.69) is 11.8 Å². The standard InChI is InChI=1S/C21H38N2O2/c1-17-8-10-18(11-9-17)22(2)21(24)16-23-14-12-20(13-15-23)25-19-6-4-3-5-7-19/h17-20H,3-16H2,1-2H3. The van der Waals surface area contributed by atoms with Crippen LogP contribution in [0.5, 0.6) is 0 Å². The molecule has 1 amide bonds. The number of piperidine rings is 1. The molecule has 144 valence electrons. The first-order valence-corrected chi connectivity index (χ1v) is 10.8. The molecule has 1 heterocycles. The van der Waals surface area contributed by atoms with Crippen molar-refractivity contribution < 1.29 is 9.53 Å². The molecule has 0 aromatic rings. The number of hydrogen-bond donors (Lipinski definition) is 0. The van der Waals surface area contributed by atoms with Crippen LogP contribution in [0.3, 0.4) is 0 Å². The second-order valence-electron chi connectivity index (χ2n) is 8.79. The number of carbonyl (C=O) groups is 1. The van der Waals surface area contributed by atoms with Crippen LogP contribution in [0.1, 0.15) is 77.6 Å². The van der Waals surface area contributed by atoms with Gasteiger partial charge in [0.05, 0.1) is 18.8 Å². The Labute approximate surface area is 154 Å². The normalized spacial score (nSPS) is 30.3. The second-order valence-corrected chi connectivity index (χ2v) is 8.79. The van der Waals surface area contributed by atoms with Crippen LogP contribution < -0.4 is 0 Å². The molecule has 25 heavy (non-hydrogen) atoms. The van der Waals surface area contributed by atoms with Crippen LogP contribution >= 0.6 is 0 Å². The summed E-state index contributed by atoms with van der Waals surface area (Å²) in [4.78, 5) is 17.0. The maximum Gasteiger partial charge on any atom is 0.236 e. The molecule has 3 aliphatic rings. The molecule has 0 aromatic heterocycles. The fourth-order valence-corrected chi connectivity index (χ4v) is 4.81. The highest BCUT2D eigenvalue weighted by Gasteiger charge is 2.28. The van der Waals surface area contributed by atoms with E-state index in [0.717, 1.165) is 31.8 Å². The molecular formula is C21H38N2O2. The van der Waals surface area contributed by atoms with Crippen LogP contribution in [-0.2, 0) is 9.53 Å². The van der Waals surface area contributed by atoms with Gasteiger partial charge in [0.2, 0.25) is 5.91 Å². The van der Waals surface area contributed by atoms with E-state index < -0.39 is 0 Å². The maximum atomic E-state index is 12.6. The first-order valence-electron chi connectivity index (χ1n) is 10.8. The van der Waals surface area contributed by atoms with Crippen molar-refractivity contribution in [2.24, 2.45) is 5.92 Å². The van der Waals surface area contributed by atoms with Gasteiger partial charge in [-0.3, -0.25) is 9.69 Å². The van der Waals surface area contributed by atoms with E-state index in [0.29, 0.717) is 30.7 Å². The van der Waals surface area contributed by atoms with Crippen molar-refractivity contribution in [2.45, 2.75) is 95.8 Å². The van der Waals surface area contributed by atoms with Gasteiger partial charge in [-0.05, 0) is 57.3 Å². The molecule has 3 fully saturated rings. The molecule has 2 aliphatic carbocycles. The van der Waals surface area contributed by atoms with E-state index in [-0.39, 0.29) is 0 Å². The third-order valence-electron chi connectivity index (χ3n) is 6.76. The zero-order valence-electron chi connectivity index (χ0n) is 16.4. The first-order chi connectivity index (χ1) is 12.1. The Balaban J connectivity index is 1.35. The van der Waals surface area contributed by atoms with Gasteiger partial charge in [0.1, 0.15) is 0 Å². The number of likely N-dealkylation sites (tertiary alicyclic amines) is 1. The maximum absolute atomic E-state index is 12.6. The summed E-state index contributed by atoms with van der Waals surface area (Å²) in [6.07, 6.45) is 14.6. The summed E-state index contributed by atoms with van der Waals surface area (Å²) in [5.74, 6) is 1.15. The summed E-state index contributed by atoms with van der Waals surface area (Å²) in [6, 6.07) is 0.468. The zero-order chi connectivity index (χ0) is 17.6. The molecule has 2 saturated carbocycles. The van der Waals surface area contributed by atoms with Gasteiger partial charge in [0.15, 0.2) is 0 Å². The Morgan fingerprint density at radius 3 is 2.16 bits per heavy atom. The van der Waals surface area contributed by atoms with Gasteiger partial charge in [-0.25, -0.2) is 0 Å². The average Bonchev–Trinajstić information content (AvgIpc) is 2.64. The van der Waals surface area contributed by atoms with Crippen LogP contribution in [0.2, 0.25) is 0 Å². The number of hydrogen-bond acceptors (Lipinski definition) is 3. The predicted molar refractivity (Wildman–Crippen MR) is 102 cm³/mol. The number of ether oxygens (including phenoxy) is 1. The Morgan fingerprint density at radius 1 is 0.920 bits per heavy atom. The predicted octanol–water partition coefficient (Wildman–Crippen LogP) is 3.84. The molecule has 4 nitrogen and oxygen atoms in total. The Bertz CT molecular complexity index is 406. The molecule has 4 heteroatoms. The van der Waals surface area contributed by atoms with Crippen molar-refractivity contribution in [3.05, 3.63) is 0 Å². The van der Waals surface area contributed by atoms with Crippen LogP contribution in [0.4, 0.5) is 0 Å². The summed E-state index contributed by atoms with van der Waals surface area (Å²) in [5.41, 5.74) is 0. The fourth-order valence-electron chi connectivity index (χ4n) is 4.81. The summed E-state index contributed by atoms with van der Waals surface area (Å²) in [7, 11) is 2.02. The van der Waals surface area contributed by atoms with Gasteiger partial charge in [0.25, 0.3) is 0 Å². The lowest BCUT2D eigenvalue weighted by atomic mass is 9.87. The topological polar surface area (TPSA) is 32.8 Å². The molecule has 0 bridgehead atoms. The molecule has 0 atom stereocenters. The number of rotatable bonds is 5. The van der Waals surface area contributed by atoms with Crippen molar-refractivity contribution in [3.63, 3.8) is 0 Å². The minimum absolute atomic E-state index is 0.311. The van der Waals surface area contributed by atoms with Crippen LogP contribution in [0, 0.1) is 5.92 Å². The minimum atomic E-state index is 0.311. The largest absolute Gasteiger partial charge is 0.375 e. The van der Waals surface area contributed by atoms with Crippen molar-refractivity contribution in [3.8, 4) is 0 Å². The van der Waals surface area contributed by atoms with Gasteiger partial charge in [-0.1, -0.05) is 26.2 Å². The monoisotopic (exact) mass is 350 g/mol. The molecule has 0 radical (unpaired) electrons. The zero-order valence-corrected chi connectivity index (χ0v) is 16.4. The van der Waals surface area contributed by atoms with E-state index in [1.54, 1.807) is 0 Å². The molecule has 0 N–H and O–H groups in total. The van der Waals surface area contributed by atoms with Gasteiger partial charge in [0, 0.05) is 26.2 Å². The summed E-state index contributed by atoms with van der Waals surface area (Å²) in [6.45, 7) is 4.95. The van der Waals surface area contributed by atoms with E-state index in [9.17, 15) is 4.79 Å².